The summed E-state index contributed by atoms with van der Waals surface area (Å²) in [5.41, 5.74) is 1.35. The summed E-state index contributed by atoms with van der Waals surface area (Å²) >= 11 is 0. The van der Waals surface area contributed by atoms with Gasteiger partial charge in [-0.05, 0) is 30.9 Å². The summed E-state index contributed by atoms with van der Waals surface area (Å²) in [5.74, 6) is 2.09. The summed E-state index contributed by atoms with van der Waals surface area (Å²) in [5, 5.41) is 4.79. The van der Waals surface area contributed by atoms with Gasteiger partial charge in [-0.15, -0.1) is 0 Å². The van der Waals surface area contributed by atoms with Crippen LogP contribution in [0.2, 0.25) is 0 Å². The Morgan fingerprint density at radius 2 is 0.635 bits per heavy atom. The fraction of sp³-hybridized carbons (Fsp3) is 0.720. The smallest absolute Gasteiger partial charge is 0.135 e. The molecule has 2 nitrogen and oxygen atoms in total. The molecule has 0 atom stereocenters. The fourth-order valence-electron chi connectivity index (χ4n) is 7.97. The number of fused-ring (bicyclic) bond motifs is 2. The van der Waals surface area contributed by atoms with Crippen molar-refractivity contribution in [2.75, 3.05) is 13.2 Å². The number of hydrogen-bond donors (Lipinski definition) is 0. The lowest BCUT2D eigenvalue weighted by Gasteiger charge is -2.18. The Morgan fingerprint density at radius 1 is 0.327 bits per heavy atom. The van der Waals surface area contributed by atoms with Crippen molar-refractivity contribution in [2.24, 2.45) is 0 Å². The lowest BCUT2D eigenvalue weighted by Crippen LogP contribution is -2.03. The van der Waals surface area contributed by atoms with Crippen molar-refractivity contribution in [1.29, 1.82) is 0 Å². The molecule has 0 bridgehead atoms. The van der Waals surface area contributed by atoms with E-state index < -0.39 is 0 Å². The van der Waals surface area contributed by atoms with Crippen molar-refractivity contribution in [3.05, 3.63) is 48.0 Å². The highest BCUT2D eigenvalue weighted by atomic mass is 16.5. The minimum Gasteiger partial charge on any atom is -0.492 e. The van der Waals surface area contributed by atoms with Gasteiger partial charge in [0.15, 0.2) is 0 Å². The zero-order valence-corrected chi connectivity index (χ0v) is 34.7. The minimum absolute atomic E-state index is 0.784. The van der Waals surface area contributed by atoms with E-state index in [-0.39, 0.29) is 0 Å². The van der Waals surface area contributed by atoms with E-state index in [2.05, 4.69) is 63.2 Å². The molecule has 0 saturated heterocycles. The van der Waals surface area contributed by atoms with Gasteiger partial charge in [0.05, 0.1) is 13.2 Å². The Labute approximate surface area is 322 Å². The van der Waals surface area contributed by atoms with Crippen LogP contribution in [0.4, 0.5) is 0 Å². The molecule has 0 aliphatic rings. The molecule has 3 aromatic rings. The van der Waals surface area contributed by atoms with Crippen LogP contribution in [0.3, 0.4) is 0 Å². The van der Waals surface area contributed by atoms with Gasteiger partial charge < -0.3 is 9.47 Å². The first-order chi connectivity index (χ1) is 25.8. The van der Waals surface area contributed by atoms with Crippen molar-refractivity contribution < 1.29 is 9.47 Å². The third-order valence-electron chi connectivity index (χ3n) is 11.4. The molecular weight excluding hydrogens is 633 g/mol. The average molecular weight is 715 g/mol. The first kappa shape index (κ1) is 44.2. The van der Waals surface area contributed by atoms with E-state index in [1.54, 1.807) is 0 Å². The van der Waals surface area contributed by atoms with Crippen LogP contribution in [0.1, 0.15) is 219 Å². The van der Waals surface area contributed by atoms with E-state index in [0.29, 0.717) is 0 Å². The largest absolute Gasteiger partial charge is 0.492 e. The maximum atomic E-state index is 6.68. The summed E-state index contributed by atoms with van der Waals surface area (Å²) in [6, 6.07) is 15.7. The van der Waals surface area contributed by atoms with Crippen molar-refractivity contribution in [2.45, 2.75) is 220 Å². The van der Waals surface area contributed by atoms with Gasteiger partial charge in [-0.25, -0.2) is 0 Å². The zero-order chi connectivity index (χ0) is 36.7. The molecule has 0 aliphatic heterocycles. The SMILES string of the molecule is CCCCCCCCCCCCCCCCCOc1c2ccccc2c(OCCCCCCCCCCCCCCCCC)c2cc(CC)ccc12. The van der Waals surface area contributed by atoms with Crippen LogP contribution in [-0.2, 0) is 6.42 Å². The third-order valence-corrected chi connectivity index (χ3v) is 11.4. The summed E-state index contributed by atoms with van der Waals surface area (Å²) in [6.07, 6.45) is 42.5. The quantitative estimate of drug-likeness (QED) is 0.0446. The van der Waals surface area contributed by atoms with Gasteiger partial charge in [-0.3, -0.25) is 0 Å². The van der Waals surface area contributed by atoms with E-state index in [1.807, 2.05) is 0 Å². The molecule has 0 saturated carbocycles. The number of aryl methyl sites for hydroxylation is 1. The first-order valence-electron chi connectivity index (χ1n) is 23.0. The number of hydrogen-bond acceptors (Lipinski definition) is 2. The average Bonchev–Trinajstić information content (AvgIpc) is 3.17. The highest BCUT2D eigenvalue weighted by Gasteiger charge is 2.16. The predicted octanol–water partition coefficient (Wildman–Crippen LogP) is 17.1. The molecule has 0 fully saturated rings. The molecule has 3 aromatic carbocycles. The molecular formula is C50H82O2. The minimum atomic E-state index is 0.784. The van der Waals surface area contributed by atoms with Crippen LogP contribution in [0.5, 0.6) is 11.5 Å². The first-order valence-corrected chi connectivity index (χ1v) is 23.0. The van der Waals surface area contributed by atoms with E-state index in [9.17, 15) is 0 Å². The molecule has 0 amide bonds. The van der Waals surface area contributed by atoms with Crippen LogP contribution in [0.15, 0.2) is 42.5 Å². The van der Waals surface area contributed by atoms with Gasteiger partial charge in [0.1, 0.15) is 11.5 Å². The third kappa shape index (κ3) is 18.2. The zero-order valence-electron chi connectivity index (χ0n) is 34.7. The summed E-state index contributed by atoms with van der Waals surface area (Å²) in [6.45, 7) is 8.41. The van der Waals surface area contributed by atoms with Crippen molar-refractivity contribution in [3.8, 4) is 11.5 Å². The van der Waals surface area contributed by atoms with Gasteiger partial charge in [0.25, 0.3) is 0 Å². The molecule has 0 radical (unpaired) electrons. The number of ether oxygens (including phenoxy) is 2. The van der Waals surface area contributed by atoms with Crippen LogP contribution in [0.25, 0.3) is 21.5 Å². The van der Waals surface area contributed by atoms with E-state index >= 15 is 0 Å². The molecule has 2 heteroatoms. The van der Waals surface area contributed by atoms with Crippen LogP contribution >= 0.6 is 0 Å². The van der Waals surface area contributed by atoms with Crippen LogP contribution < -0.4 is 9.47 Å². The van der Waals surface area contributed by atoms with E-state index in [4.69, 9.17) is 9.47 Å². The molecule has 0 spiro atoms. The number of unbranched alkanes of at least 4 members (excludes halogenated alkanes) is 28. The lowest BCUT2D eigenvalue weighted by atomic mass is 9.98. The predicted molar refractivity (Wildman–Crippen MR) is 232 cm³/mol. The van der Waals surface area contributed by atoms with Crippen molar-refractivity contribution in [1.82, 2.24) is 0 Å². The summed E-state index contributed by atoms with van der Waals surface area (Å²) in [4.78, 5) is 0. The second kappa shape index (κ2) is 30.1. The molecule has 0 heterocycles. The molecule has 0 unspecified atom stereocenters. The van der Waals surface area contributed by atoms with Crippen LogP contribution in [0, 0.1) is 0 Å². The molecule has 294 valence electrons. The van der Waals surface area contributed by atoms with Gasteiger partial charge in [0.2, 0.25) is 0 Å². The topological polar surface area (TPSA) is 18.5 Å². The Hall–Kier alpha value is -2.22. The van der Waals surface area contributed by atoms with E-state index in [1.165, 1.54) is 207 Å². The highest BCUT2D eigenvalue weighted by molar-refractivity contribution is 6.11. The van der Waals surface area contributed by atoms with Gasteiger partial charge in [0, 0.05) is 21.5 Å². The summed E-state index contributed by atoms with van der Waals surface area (Å²) < 4.78 is 13.3. The maximum Gasteiger partial charge on any atom is 0.135 e. The Bertz CT molecular complexity index is 1280. The number of rotatable bonds is 35. The Morgan fingerprint density at radius 3 is 0.981 bits per heavy atom. The molecule has 0 aliphatic carbocycles. The number of benzene rings is 3. The van der Waals surface area contributed by atoms with Gasteiger partial charge >= 0.3 is 0 Å². The Balaban J connectivity index is 1.36. The molecule has 3 rings (SSSR count). The lowest BCUT2D eigenvalue weighted by molar-refractivity contribution is 0.306. The van der Waals surface area contributed by atoms with Crippen LogP contribution in [-0.4, -0.2) is 13.2 Å². The molecule has 52 heavy (non-hydrogen) atoms. The van der Waals surface area contributed by atoms with Crippen molar-refractivity contribution >= 4 is 21.5 Å². The maximum absolute atomic E-state index is 6.68. The monoisotopic (exact) mass is 715 g/mol. The second-order valence-electron chi connectivity index (χ2n) is 16.0. The van der Waals surface area contributed by atoms with Gasteiger partial charge in [-0.1, -0.05) is 237 Å². The fourth-order valence-corrected chi connectivity index (χ4v) is 7.97. The van der Waals surface area contributed by atoms with Gasteiger partial charge in [-0.2, -0.15) is 0 Å². The van der Waals surface area contributed by atoms with E-state index in [0.717, 1.165) is 44.0 Å². The summed E-state index contributed by atoms with van der Waals surface area (Å²) in [7, 11) is 0. The Kier molecular flexibility index (Phi) is 25.6. The standard InChI is InChI=1S/C50H82O2/c1-4-7-9-11-13-15-17-19-21-23-25-27-29-31-35-41-51-49-45-37-33-34-38-46(45)50(48-43-44(6-3)39-40-47(48)49)52-42-36-32-30-28-26-24-22-20-18-16-14-12-10-8-5-2/h33-34,37-40,43H,4-32,35-36,41-42H2,1-3H3. The second-order valence-corrected chi connectivity index (χ2v) is 16.0. The highest BCUT2D eigenvalue weighted by Crippen LogP contribution is 2.43. The normalized spacial score (nSPS) is 11.6. The molecule has 0 N–H and O–H groups in total. The molecule has 0 aromatic heterocycles. The van der Waals surface area contributed by atoms with Crippen molar-refractivity contribution in [3.63, 3.8) is 0 Å².